The highest BCUT2D eigenvalue weighted by Crippen LogP contribution is 2.22. The molecule has 0 spiro atoms. The number of hydrogen-bond donors (Lipinski definition) is 0. The molecule has 2 aromatic rings. The van der Waals surface area contributed by atoms with Crippen LogP contribution < -0.4 is 0 Å². The Morgan fingerprint density at radius 3 is 2.45 bits per heavy atom. The van der Waals surface area contributed by atoms with Gasteiger partial charge in [0, 0.05) is 12.1 Å². The van der Waals surface area contributed by atoms with Gasteiger partial charge < -0.3 is 9.64 Å². The smallest absolute Gasteiger partial charge is 0.326 e. The Labute approximate surface area is 171 Å². The van der Waals surface area contributed by atoms with Gasteiger partial charge in [-0.1, -0.05) is 36.4 Å². The quantitative estimate of drug-likeness (QED) is 0.585. The van der Waals surface area contributed by atoms with E-state index >= 15 is 0 Å². The average molecular weight is 388 g/mol. The molecule has 5 nitrogen and oxygen atoms in total. The van der Waals surface area contributed by atoms with Crippen LogP contribution in [0.25, 0.3) is 12.2 Å². The summed E-state index contributed by atoms with van der Waals surface area (Å²) < 4.78 is 5.32. The van der Waals surface area contributed by atoms with Crippen LogP contribution in [-0.4, -0.2) is 35.5 Å². The van der Waals surface area contributed by atoms with Crippen LogP contribution in [0.2, 0.25) is 0 Å². The first-order valence-electron chi connectivity index (χ1n) is 9.57. The minimum absolute atomic E-state index is 0.0319. The Morgan fingerprint density at radius 2 is 1.79 bits per heavy atom. The van der Waals surface area contributed by atoms with Crippen molar-refractivity contribution in [1.29, 1.82) is 5.26 Å². The third-order valence-electron chi connectivity index (χ3n) is 4.55. The first kappa shape index (κ1) is 20.3. The molecule has 1 heterocycles. The lowest BCUT2D eigenvalue weighted by Crippen LogP contribution is -2.42. The van der Waals surface area contributed by atoms with Crippen molar-refractivity contribution in [2.75, 3.05) is 13.1 Å². The third kappa shape index (κ3) is 5.32. The molecule has 0 fully saturated rings. The van der Waals surface area contributed by atoms with Gasteiger partial charge in [0.2, 0.25) is 0 Å². The van der Waals surface area contributed by atoms with Crippen molar-refractivity contribution in [2.45, 2.75) is 32.8 Å². The molecule has 29 heavy (non-hydrogen) atoms. The number of nitriles is 1. The molecule has 2 aromatic carbocycles. The van der Waals surface area contributed by atoms with Crippen LogP contribution in [0.15, 0.2) is 42.5 Å². The summed E-state index contributed by atoms with van der Waals surface area (Å²) in [7, 11) is 0. The second kappa shape index (κ2) is 8.32. The molecular formula is C24H24N2O3. The maximum atomic E-state index is 12.7. The number of nitrogens with zero attached hydrogens (tertiary/aromatic N) is 2. The molecule has 1 aliphatic heterocycles. The minimum atomic E-state index is -0.565. The van der Waals surface area contributed by atoms with E-state index in [-0.39, 0.29) is 12.5 Å². The number of hydrogen-bond acceptors (Lipinski definition) is 4. The van der Waals surface area contributed by atoms with Crippen LogP contribution in [0.1, 0.15) is 53.4 Å². The Bertz CT molecular complexity index is 992. The zero-order chi connectivity index (χ0) is 21.0. The molecule has 5 heteroatoms. The second-order valence-corrected chi connectivity index (χ2v) is 8.05. The maximum Gasteiger partial charge on any atom is 0.326 e. The van der Waals surface area contributed by atoms with Crippen LogP contribution in [0.4, 0.5) is 0 Å². The van der Waals surface area contributed by atoms with Gasteiger partial charge in [0.15, 0.2) is 0 Å². The van der Waals surface area contributed by atoms with Gasteiger partial charge in [0.1, 0.15) is 12.1 Å². The zero-order valence-electron chi connectivity index (χ0n) is 16.9. The number of amides is 1. The fraction of sp³-hybridized carbons (Fsp3) is 0.292. The van der Waals surface area contributed by atoms with E-state index in [9.17, 15) is 9.59 Å². The van der Waals surface area contributed by atoms with Crippen molar-refractivity contribution in [3.8, 4) is 6.07 Å². The lowest BCUT2D eigenvalue weighted by molar-refractivity contribution is -0.155. The largest absolute Gasteiger partial charge is 0.459 e. The summed E-state index contributed by atoms with van der Waals surface area (Å²) in [6.45, 7) is 5.89. The molecule has 3 rings (SSSR count). The SMILES string of the molecule is CC(C)(C)OC(=O)CN1CCc2cc(/C=C/c3ccc(C#N)cc3)ccc2C1=O. The minimum Gasteiger partial charge on any atom is -0.459 e. The van der Waals surface area contributed by atoms with Crippen molar-refractivity contribution in [2.24, 2.45) is 0 Å². The summed E-state index contributed by atoms with van der Waals surface area (Å²) in [6.07, 6.45) is 4.66. The molecule has 0 N–H and O–H groups in total. The topological polar surface area (TPSA) is 70.4 Å². The molecule has 0 radical (unpaired) electrons. The van der Waals surface area contributed by atoms with Crippen LogP contribution in [0.5, 0.6) is 0 Å². The van der Waals surface area contributed by atoms with Crippen molar-refractivity contribution in [3.05, 3.63) is 70.3 Å². The Balaban J connectivity index is 1.69. The van der Waals surface area contributed by atoms with Crippen LogP contribution in [-0.2, 0) is 16.0 Å². The number of ether oxygens (including phenoxy) is 1. The van der Waals surface area contributed by atoms with Crippen molar-refractivity contribution in [1.82, 2.24) is 4.90 Å². The summed E-state index contributed by atoms with van der Waals surface area (Å²) >= 11 is 0. The summed E-state index contributed by atoms with van der Waals surface area (Å²) in [6, 6.07) is 15.2. The van der Waals surface area contributed by atoms with E-state index in [1.807, 2.05) is 63.3 Å². The third-order valence-corrected chi connectivity index (χ3v) is 4.55. The number of benzene rings is 2. The molecule has 0 unspecified atom stereocenters. The van der Waals surface area contributed by atoms with E-state index < -0.39 is 11.6 Å². The summed E-state index contributed by atoms with van der Waals surface area (Å²) in [5, 5.41) is 8.86. The number of carbonyl (C=O) groups is 2. The Morgan fingerprint density at radius 1 is 1.14 bits per heavy atom. The molecule has 1 aliphatic rings. The van der Waals surface area contributed by atoms with Gasteiger partial charge in [-0.05, 0) is 62.1 Å². The van der Waals surface area contributed by atoms with Crippen molar-refractivity contribution >= 4 is 24.0 Å². The van der Waals surface area contributed by atoms with Gasteiger partial charge in [-0.3, -0.25) is 9.59 Å². The maximum absolute atomic E-state index is 12.7. The number of esters is 1. The van der Waals surface area contributed by atoms with Gasteiger partial charge in [-0.2, -0.15) is 5.26 Å². The molecule has 0 aromatic heterocycles. The predicted molar refractivity (Wildman–Crippen MR) is 112 cm³/mol. The van der Waals surface area contributed by atoms with E-state index in [0.29, 0.717) is 24.1 Å². The molecule has 0 aliphatic carbocycles. The molecule has 0 saturated heterocycles. The van der Waals surface area contributed by atoms with Crippen LogP contribution in [0.3, 0.4) is 0 Å². The highest BCUT2D eigenvalue weighted by atomic mass is 16.6. The summed E-state index contributed by atoms with van der Waals surface area (Å²) in [4.78, 5) is 26.3. The predicted octanol–water partition coefficient (Wildman–Crippen LogP) is 4.07. The Hall–Kier alpha value is -3.39. The summed E-state index contributed by atoms with van der Waals surface area (Å²) in [5.41, 5.74) is 3.69. The fourth-order valence-corrected chi connectivity index (χ4v) is 3.20. The first-order valence-corrected chi connectivity index (χ1v) is 9.57. The lowest BCUT2D eigenvalue weighted by Gasteiger charge is -2.29. The van der Waals surface area contributed by atoms with Gasteiger partial charge in [0.25, 0.3) is 5.91 Å². The first-order chi connectivity index (χ1) is 13.7. The molecule has 0 bridgehead atoms. The Kier molecular flexibility index (Phi) is 5.84. The lowest BCUT2D eigenvalue weighted by atomic mass is 9.96. The highest BCUT2D eigenvalue weighted by Gasteiger charge is 2.27. The normalized spacial score (nSPS) is 13.9. The molecule has 148 valence electrons. The number of fused-ring (bicyclic) bond motifs is 1. The van der Waals surface area contributed by atoms with Crippen LogP contribution in [0, 0.1) is 11.3 Å². The molecular weight excluding hydrogens is 364 g/mol. The average Bonchev–Trinajstić information content (AvgIpc) is 2.67. The standard InChI is InChI=1S/C24H24N2O3/c1-24(2,3)29-22(27)16-26-13-12-20-14-18(10-11-21(20)23(26)28)7-4-17-5-8-19(15-25)9-6-17/h4-11,14H,12-13,16H2,1-3H3/b7-4+. The summed E-state index contributed by atoms with van der Waals surface area (Å²) in [5.74, 6) is -0.531. The van der Waals surface area contributed by atoms with E-state index in [4.69, 9.17) is 10.00 Å². The van der Waals surface area contributed by atoms with Crippen molar-refractivity contribution in [3.63, 3.8) is 0 Å². The van der Waals surface area contributed by atoms with E-state index in [1.54, 1.807) is 17.0 Å². The van der Waals surface area contributed by atoms with Gasteiger partial charge in [-0.25, -0.2) is 0 Å². The molecule has 1 amide bonds. The highest BCUT2D eigenvalue weighted by molar-refractivity contribution is 5.98. The van der Waals surface area contributed by atoms with E-state index in [0.717, 1.165) is 16.7 Å². The monoisotopic (exact) mass is 388 g/mol. The van der Waals surface area contributed by atoms with Gasteiger partial charge in [0.05, 0.1) is 11.6 Å². The second-order valence-electron chi connectivity index (χ2n) is 8.05. The number of carbonyl (C=O) groups excluding carboxylic acids is 2. The molecule has 0 atom stereocenters. The van der Waals surface area contributed by atoms with Gasteiger partial charge >= 0.3 is 5.97 Å². The van der Waals surface area contributed by atoms with Crippen molar-refractivity contribution < 1.29 is 14.3 Å². The number of rotatable bonds is 4. The zero-order valence-corrected chi connectivity index (χ0v) is 16.9. The molecule has 0 saturated carbocycles. The van der Waals surface area contributed by atoms with E-state index in [1.165, 1.54) is 0 Å². The van der Waals surface area contributed by atoms with Gasteiger partial charge in [-0.15, -0.1) is 0 Å². The fourth-order valence-electron chi connectivity index (χ4n) is 3.20. The van der Waals surface area contributed by atoms with Crippen LogP contribution >= 0.6 is 0 Å². The van der Waals surface area contributed by atoms with E-state index in [2.05, 4.69) is 6.07 Å².